The molecule has 3 atom stereocenters. The lowest BCUT2D eigenvalue weighted by Crippen LogP contribution is -2.41. The summed E-state index contributed by atoms with van der Waals surface area (Å²) < 4.78 is 17.5. The standard InChI is InChI=1S/C15H20N3O6P/c1-2-24-25(22,23)14(11-5-3-4-6-13(11)19)18-12(15(20)21)7-10-8-16-9-17-10/h3-6,8-9,12,14,18-19H,2,7H2,1H3,(H,16,17)(H,20,21)(H,22,23)/t12-,14?/m0/s1. The van der Waals surface area contributed by atoms with Gasteiger partial charge in [0.25, 0.3) is 0 Å². The van der Waals surface area contributed by atoms with Gasteiger partial charge in [0.15, 0.2) is 0 Å². The van der Waals surface area contributed by atoms with Crippen LogP contribution in [0.1, 0.15) is 24.0 Å². The van der Waals surface area contributed by atoms with Crippen LogP contribution in [0.25, 0.3) is 0 Å². The Bertz CT molecular complexity index is 751. The van der Waals surface area contributed by atoms with E-state index in [0.717, 1.165) is 0 Å². The summed E-state index contributed by atoms with van der Waals surface area (Å²) >= 11 is 0. The van der Waals surface area contributed by atoms with Crippen LogP contribution in [0, 0.1) is 0 Å². The van der Waals surface area contributed by atoms with Crippen LogP contribution < -0.4 is 5.32 Å². The molecule has 0 spiro atoms. The lowest BCUT2D eigenvalue weighted by atomic mass is 10.1. The number of carboxylic acids is 1. The molecule has 1 heterocycles. The van der Waals surface area contributed by atoms with Crippen molar-refractivity contribution in [3.05, 3.63) is 48.0 Å². The number of carbonyl (C=O) groups is 1. The summed E-state index contributed by atoms with van der Waals surface area (Å²) in [5.74, 6) is -2.86. The number of nitrogens with zero attached hydrogens (tertiary/aromatic N) is 1. The Morgan fingerprint density at radius 3 is 2.72 bits per heavy atom. The summed E-state index contributed by atoms with van der Waals surface area (Å²) in [6.45, 7) is 1.50. The van der Waals surface area contributed by atoms with Gasteiger partial charge in [-0.15, -0.1) is 0 Å². The molecule has 2 unspecified atom stereocenters. The largest absolute Gasteiger partial charge is 0.508 e. The maximum atomic E-state index is 12.6. The highest BCUT2D eigenvalue weighted by Gasteiger charge is 2.38. The molecule has 0 saturated carbocycles. The van der Waals surface area contributed by atoms with E-state index < -0.39 is 25.4 Å². The topological polar surface area (TPSA) is 145 Å². The van der Waals surface area contributed by atoms with Crippen molar-refractivity contribution in [2.24, 2.45) is 0 Å². The van der Waals surface area contributed by atoms with Gasteiger partial charge in [0.05, 0.1) is 12.9 Å². The van der Waals surface area contributed by atoms with E-state index in [1.54, 1.807) is 19.1 Å². The van der Waals surface area contributed by atoms with Gasteiger partial charge in [0.1, 0.15) is 17.6 Å². The molecule has 2 rings (SSSR count). The van der Waals surface area contributed by atoms with Gasteiger partial charge in [0, 0.05) is 23.9 Å². The molecule has 5 N–H and O–H groups in total. The average molecular weight is 369 g/mol. The second kappa shape index (κ2) is 8.26. The van der Waals surface area contributed by atoms with Gasteiger partial charge in [-0.1, -0.05) is 18.2 Å². The van der Waals surface area contributed by atoms with Crippen LogP contribution in [0.4, 0.5) is 0 Å². The molecule has 0 bridgehead atoms. The normalized spacial score (nSPS) is 16.1. The molecule has 1 aromatic carbocycles. The highest BCUT2D eigenvalue weighted by atomic mass is 31.2. The predicted molar refractivity (Wildman–Crippen MR) is 89.2 cm³/mol. The fraction of sp³-hybridized carbons (Fsp3) is 0.333. The fourth-order valence-corrected chi connectivity index (χ4v) is 3.82. The number of nitrogens with one attached hydrogen (secondary N) is 2. The van der Waals surface area contributed by atoms with Crippen molar-refractivity contribution in [2.75, 3.05) is 6.61 Å². The van der Waals surface area contributed by atoms with E-state index in [1.807, 2.05) is 0 Å². The summed E-state index contributed by atoms with van der Waals surface area (Å²) in [6, 6.07) is 4.70. The maximum Gasteiger partial charge on any atom is 0.349 e. The summed E-state index contributed by atoms with van der Waals surface area (Å²) in [5.41, 5.74) is 0.623. The maximum absolute atomic E-state index is 12.6. The van der Waals surface area contributed by atoms with Crippen molar-refractivity contribution in [2.45, 2.75) is 25.2 Å². The molecule has 0 aliphatic heterocycles. The molecule has 0 aliphatic rings. The van der Waals surface area contributed by atoms with Gasteiger partial charge < -0.3 is 24.6 Å². The first-order valence-electron chi connectivity index (χ1n) is 7.56. The van der Waals surface area contributed by atoms with Crippen LogP contribution in [-0.4, -0.2) is 43.7 Å². The van der Waals surface area contributed by atoms with Gasteiger partial charge in [0.2, 0.25) is 0 Å². The van der Waals surface area contributed by atoms with Crippen molar-refractivity contribution >= 4 is 13.6 Å². The minimum Gasteiger partial charge on any atom is -0.508 e. The van der Waals surface area contributed by atoms with Crippen molar-refractivity contribution in [1.29, 1.82) is 0 Å². The zero-order valence-electron chi connectivity index (χ0n) is 13.5. The van der Waals surface area contributed by atoms with E-state index in [4.69, 9.17) is 4.52 Å². The van der Waals surface area contributed by atoms with Crippen LogP contribution in [0.5, 0.6) is 5.75 Å². The number of rotatable bonds is 9. The van der Waals surface area contributed by atoms with Crippen molar-refractivity contribution < 1.29 is 29.0 Å². The van der Waals surface area contributed by atoms with Gasteiger partial charge in [-0.25, -0.2) is 4.98 Å². The molecule has 2 aromatic rings. The number of para-hydroxylation sites is 1. The van der Waals surface area contributed by atoms with Gasteiger partial charge >= 0.3 is 13.6 Å². The number of aromatic hydroxyl groups is 1. The molecule has 136 valence electrons. The predicted octanol–water partition coefficient (Wildman–Crippen LogP) is 1.62. The summed E-state index contributed by atoms with van der Waals surface area (Å²) in [7, 11) is -4.30. The van der Waals surface area contributed by atoms with Crippen LogP contribution >= 0.6 is 7.60 Å². The number of hydrogen-bond acceptors (Lipinski definition) is 6. The Morgan fingerprint density at radius 2 is 2.16 bits per heavy atom. The first kappa shape index (κ1) is 19.1. The number of aliphatic carboxylic acids is 1. The molecule has 0 amide bonds. The summed E-state index contributed by atoms with van der Waals surface area (Å²) in [5, 5.41) is 22.1. The molecule has 0 radical (unpaired) electrons. The number of imidazole rings is 1. The highest BCUT2D eigenvalue weighted by Crippen LogP contribution is 2.56. The number of aromatic nitrogens is 2. The number of phenols is 1. The van der Waals surface area contributed by atoms with Crippen molar-refractivity contribution in [1.82, 2.24) is 15.3 Å². The average Bonchev–Trinajstić information content (AvgIpc) is 3.05. The van der Waals surface area contributed by atoms with Crippen molar-refractivity contribution in [3.63, 3.8) is 0 Å². The number of aromatic amines is 1. The first-order valence-corrected chi connectivity index (χ1v) is 9.20. The number of benzene rings is 1. The highest BCUT2D eigenvalue weighted by molar-refractivity contribution is 7.53. The molecule has 0 fully saturated rings. The zero-order chi connectivity index (χ0) is 18.4. The Labute approximate surface area is 144 Å². The molecule has 0 aliphatic carbocycles. The van der Waals surface area contributed by atoms with Crippen LogP contribution in [-0.2, 0) is 20.3 Å². The lowest BCUT2D eigenvalue weighted by Gasteiger charge is -2.27. The van der Waals surface area contributed by atoms with Crippen LogP contribution in [0.15, 0.2) is 36.8 Å². The SMILES string of the molecule is CCOP(=O)(O)C(N[C@@H](Cc1cnc[nH]1)C(=O)O)c1ccccc1O. The molecule has 9 nitrogen and oxygen atoms in total. The monoisotopic (exact) mass is 369 g/mol. The molecule has 25 heavy (non-hydrogen) atoms. The van der Waals surface area contributed by atoms with E-state index >= 15 is 0 Å². The smallest absolute Gasteiger partial charge is 0.349 e. The quantitative estimate of drug-likeness (QED) is 0.419. The van der Waals surface area contributed by atoms with E-state index in [9.17, 15) is 24.5 Å². The Kier molecular flexibility index (Phi) is 6.33. The van der Waals surface area contributed by atoms with Crippen molar-refractivity contribution in [3.8, 4) is 5.75 Å². The summed E-state index contributed by atoms with van der Waals surface area (Å²) in [6.07, 6.45) is 2.88. The van der Waals surface area contributed by atoms with E-state index in [1.165, 1.54) is 24.7 Å². The minimum atomic E-state index is -4.30. The third-order valence-electron chi connectivity index (χ3n) is 3.51. The van der Waals surface area contributed by atoms with Gasteiger partial charge in [-0.2, -0.15) is 0 Å². The van der Waals surface area contributed by atoms with Gasteiger partial charge in [-0.05, 0) is 13.0 Å². The molecule has 0 saturated heterocycles. The second-order valence-corrected chi connectivity index (χ2v) is 7.18. The number of carboxylic acid groups (broad SMARTS) is 1. The van der Waals surface area contributed by atoms with Gasteiger partial charge in [-0.3, -0.25) is 14.7 Å². The minimum absolute atomic E-state index is 0.00551. The van der Waals surface area contributed by atoms with E-state index in [-0.39, 0.29) is 24.3 Å². The third kappa shape index (κ3) is 4.90. The molecule has 10 heteroatoms. The zero-order valence-corrected chi connectivity index (χ0v) is 14.4. The first-order chi connectivity index (χ1) is 11.8. The number of H-pyrrole nitrogens is 1. The third-order valence-corrected chi connectivity index (χ3v) is 5.22. The molecular formula is C15H20N3O6P. The number of phenolic OH excluding ortho intramolecular Hbond substituents is 1. The lowest BCUT2D eigenvalue weighted by molar-refractivity contribution is -0.139. The van der Waals surface area contributed by atoms with E-state index in [2.05, 4.69) is 15.3 Å². The van der Waals surface area contributed by atoms with Crippen LogP contribution in [0.3, 0.4) is 0 Å². The Hall–Kier alpha value is -2.19. The van der Waals surface area contributed by atoms with Crippen LogP contribution in [0.2, 0.25) is 0 Å². The number of hydrogen-bond donors (Lipinski definition) is 5. The van der Waals surface area contributed by atoms with E-state index in [0.29, 0.717) is 5.69 Å². The Balaban J connectivity index is 2.35. The summed E-state index contributed by atoms with van der Waals surface area (Å²) in [4.78, 5) is 28.4. The molecule has 1 aromatic heterocycles. The fourth-order valence-electron chi connectivity index (χ4n) is 2.36. The molecular weight excluding hydrogens is 349 g/mol. The second-order valence-electron chi connectivity index (χ2n) is 5.28. The Morgan fingerprint density at radius 1 is 1.44 bits per heavy atom.